The summed E-state index contributed by atoms with van der Waals surface area (Å²) in [5.74, 6) is 3.99. The molecule has 4 aliphatic carbocycles. The van der Waals surface area contributed by atoms with Crippen LogP contribution in [-0.2, 0) is 14.2 Å². The van der Waals surface area contributed by atoms with Crippen molar-refractivity contribution in [2.45, 2.75) is 134 Å². The van der Waals surface area contributed by atoms with Crippen LogP contribution in [0.4, 0.5) is 0 Å². The topological polar surface area (TPSA) is 121 Å². The number of piperidine rings is 1. The first kappa shape index (κ1) is 29.1. The number of ether oxygens (including phenoxy) is 3. The first-order chi connectivity index (χ1) is 19.5. The fourth-order valence-corrected chi connectivity index (χ4v) is 11.3. The van der Waals surface area contributed by atoms with E-state index in [4.69, 9.17) is 14.2 Å². The van der Waals surface area contributed by atoms with Crippen molar-refractivity contribution in [1.29, 1.82) is 0 Å². The predicted octanol–water partition coefficient (Wildman–Crippen LogP) is 3.11. The van der Waals surface area contributed by atoms with E-state index in [1.807, 2.05) is 0 Å². The van der Waals surface area contributed by atoms with Crippen LogP contribution in [0.2, 0.25) is 0 Å². The maximum absolute atomic E-state index is 10.5. The Labute approximate surface area is 245 Å². The van der Waals surface area contributed by atoms with E-state index in [2.05, 4.69) is 39.1 Å². The lowest BCUT2D eigenvalue weighted by Crippen LogP contribution is -2.60. The molecule has 0 amide bonds. The average molecular weight is 576 g/mol. The third-order valence-electron chi connectivity index (χ3n) is 13.7. The summed E-state index contributed by atoms with van der Waals surface area (Å²) in [5.41, 5.74) is 1.86. The Hall–Kier alpha value is -0.580. The van der Waals surface area contributed by atoms with Gasteiger partial charge in [0.25, 0.3) is 0 Å². The highest BCUT2D eigenvalue weighted by molar-refractivity contribution is 5.26. The fraction of sp³-hybridized carbons (Fsp3) is 0.939. The van der Waals surface area contributed by atoms with Gasteiger partial charge in [-0.05, 0) is 98.2 Å². The number of nitrogens with one attached hydrogen (secondary N) is 1. The standard InChI is InChI=1S/C33H53NO7/c1-17-7-12-33(34-15-17)18(2)26-24(41-33)14-23-21-6-5-19-13-20(8-10-31(19,3)22(21)9-11-32(23,26)4)39-30-29(38)28(37)27(36)25(16-35)40-30/h5,17-18,20-30,34-38H,6-16H2,1-4H3/t17-,18+,20+,21-,22+,23+,24+,25-,26+,27-,28?,29?,30-,31+,32+,33-/m1/s1. The number of hydrogen-bond donors (Lipinski definition) is 5. The Kier molecular flexibility index (Phi) is 7.27. The van der Waals surface area contributed by atoms with Gasteiger partial charge in [-0.15, -0.1) is 0 Å². The summed E-state index contributed by atoms with van der Waals surface area (Å²) >= 11 is 0. The van der Waals surface area contributed by atoms with Gasteiger partial charge in [0.15, 0.2) is 6.29 Å². The van der Waals surface area contributed by atoms with Crippen molar-refractivity contribution in [1.82, 2.24) is 5.32 Å². The van der Waals surface area contributed by atoms with Gasteiger partial charge in [0, 0.05) is 12.5 Å². The first-order valence-electron chi connectivity index (χ1n) is 16.6. The van der Waals surface area contributed by atoms with Crippen LogP contribution < -0.4 is 5.32 Å². The van der Waals surface area contributed by atoms with Crippen LogP contribution in [-0.4, -0.2) is 82.2 Å². The largest absolute Gasteiger partial charge is 0.394 e. The molecular weight excluding hydrogens is 522 g/mol. The molecular formula is C33H53NO7. The minimum atomic E-state index is -1.41. The van der Waals surface area contributed by atoms with Gasteiger partial charge in [0.1, 0.15) is 30.1 Å². The van der Waals surface area contributed by atoms with Crippen molar-refractivity contribution in [3.8, 4) is 0 Å². The van der Waals surface area contributed by atoms with E-state index in [0.29, 0.717) is 41.1 Å². The van der Waals surface area contributed by atoms with Gasteiger partial charge in [-0.3, -0.25) is 5.32 Å². The second-order valence-electron chi connectivity index (χ2n) is 15.6. The van der Waals surface area contributed by atoms with Crippen molar-refractivity contribution in [2.75, 3.05) is 13.2 Å². The lowest BCUT2D eigenvalue weighted by Gasteiger charge is -2.59. The molecule has 3 aliphatic heterocycles. The zero-order valence-electron chi connectivity index (χ0n) is 25.4. The number of allylic oxidation sites excluding steroid dienone is 1. The summed E-state index contributed by atoms with van der Waals surface area (Å²) in [6.07, 6.45) is 6.64. The summed E-state index contributed by atoms with van der Waals surface area (Å²) in [4.78, 5) is 0. The SMILES string of the molecule is C[C@@H]1CC[C@@]2(NC1)O[C@H]1C[C@H]3[C@@H]4CC=C5C[C@@H](O[C@@H]6O[C@H](CO)[C@@H](O)C(O)C6O)CC[C@]5(C)[C@H]4CC[C@]3(C)[C@H]1[C@@H]2C. The summed E-state index contributed by atoms with van der Waals surface area (Å²) < 4.78 is 18.9. The Morgan fingerprint density at radius 1 is 1.00 bits per heavy atom. The molecule has 232 valence electrons. The van der Waals surface area contributed by atoms with Crippen LogP contribution in [0.1, 0.15) is 85.5 Å². The van der Waals surface area contributed by atoms with E-state index in [9.17, 15) is 20.4 Å². The lowest BCUT2D eigenvalue weighted by atomic mass is 9.47. The molecule has 3 saturated heterocycles. The Balaban J connectivity index is 1.05. The molecule has 0 aromatic rings. The normalized spacial score (nSPS) is 58.3. The Morgan fingerprint density at radius 3 is 2.54 bits per heavy atom. The molecule has 8 nitrogen and oxygen atoms in total. The molecule has 41 heavy (non-hydrogen) atoms. The highest BCUT2D eigenvalue weighted by Crippen LogP contribution is 2.70. The summed E-state index contributed by atoms with van der Waals surface area (Å²) in [7, 11) is 0. The van der Waals surface area contributed by atoms with Crippen molar-refractivity contribution in [2.24, 2.45) is 46.3 Å². The van der Waals surface area contributed by atoms with Gasteiger partial charge >= 0.3 is 0 Å². The summed E-state index contributed by atoms with van der Waals surface area (Å²) in [6, 6.07) is 0. The quantitative estimate of drug-likeness (QED) is 0.326. The molecule has 0 radical (unpaired) electrons. The van der Waals surface area contributed by atoms with E-state index in [-0.39, 0.29) is 17.2 Å². The van der Waals surface area contributed by atoms with Crippen LogP contribution >= 0.6 is 0 Å². The maximum atomic E-state index is 10.5. The van der Waals surface area contributed by atoms with Crippen molar-refractivity contribution in [3.05, 3.63) is 11.6 Å². The first-order valence-corrected chi connectivity index (χ1v) is 16.6. The molecule has 3 saturated carbocycles. The number of rotatable bonds is 3. The van der Waals surface area contributed by atoms with Gasteiger partial charge in [-0.2, -0.15) is 0 Å². The van der Waals surface area contributed by atoms with Gasteiger partial charge < -0.3 is 34.6 Å². The zero-order chi connectivity index (χ0) is 28.9. The molecule has 6 fully saturated rings. The van der Waals surface area contributed by atoms with Crippen LogP contribution in [0.5, 0.6) is 0 Å². The minimum Gasteiger partial charge on any atom is -0.394 e. The molecule has 7 aliphatic rings. The highest BCUT2D eigenvalue weighted by atomic mass is 16.7. The molecule has 0 aromatic carbocycles. The molecule has 0 aromatic heterocycles. The molecule has 16 atom stereocenters. The van der Waals surface area contributed by atoms with E-state index >= 15 is 0 Å². The van der Waals surface area contributed by atoms with Crippen molar-refractivity contribution in [3.63, 3.8) is 0 Å². The maximum Gasteiger partial charge on any atom is 0.186 e. The van der Waals surface area contributed by atoms with E-state index in [0.717, 1.165) is 44.6 Å². The molecule has 2 unspecified atom stereocenters. The molecule has 8 heteroatoms. The smallest absolute Gasteiger partial charge is 0.186 e. The third kappa shape index (κ3) is 4.29. The lowest BCUT2D eigenvalue weighted by molar-refractivity contribution is -0.313. The number of hydrogen-bond acceptors (Lipinski definition) is 8. The van der Waals surface area contributed by atoms with Crippen LogP contribution in [0.15, 0.2) is 11.6 Å². The third-order valence-corrected chi connectivity index (χ3v) is 13.7. The summed E-state index contributed by atoms with van der Waals surface area (Å²) in [5, 5.41) is 44.3. The van der Waals surface area contributed by atoms with Gasteiger partial charge in [-0.1, -0.05) is 39.3 Å². The van der Waals surface area contributed by atoms with Gasteiger partial charge in [0.05, 0.1) is 18.8 Å². The zero-order valence-corrected chi connectivity index (χ0v) is 25.4. The minimum absolute atomic E-state index is 0.113. The summed E-state index contributed by atoms with van der Waals surface area (Å²) in [6.45, 7) is 10.5. The molecule has 5 N–H and O–H groups in total. The predicted molar refractivity (Wildman–Crippen MR) is 152 cm³/mol. The Morgan fingerprint density at radius 2 is 1.80 bits per heavy atom. The number of aliphatic hydroxyl groups is 4. The van der Waals surface area contributed by atoms with Crippen LogP contribution in [0, 0.1) is 46.3 Å². The monoisotopic (exact) mass is 575 g/mol. The molecule has 3 heterocycles. The number of fused-ring (bicyclic) bond motifs is 7. The highest BCUT2D eigenvalue weighted by Gasteiger charge is 2.68. The van der Waals surface area contributed by atoms with Crippen molar-refractivity contribution < 1.29 is 34.6 Å². The average Bonchev–Trinajstić information content (AvgIpc) is 3.40. The van der Waals surface area contributed by atoms with Crippen LogP contribution in [0.3, 0.4) is 0 Å². The van der Waals surface area contributed by atoms with E-state index in [1.165, 1.54) is 31.3 Å². The Bertz CT molecular complexity index is 1030. The second kappa shape index (κ2) is 10.2. The van der Waals surface area contributed by atoms with E-state index in [1.54, 1.807) is 0 Å². The van der Waals surface area contributed by atoms with Gasteiger partial charge in [0.2, 0.25) is 0 Å². The second-order valence-corrected chi connectivity index (χ2v) is 15.6. The number of aliphatic hydroxyl groups excluding tert-OH is 4. The van der Waals surface area contributed by atoms with E-state index < -0.39 is 37.3 Å². The molecule has 7 rings (SSSR count). The molecule has 0 bridgehead atoms. The molecule has 1 spiro atoms. The van der Waals surface area contributed by atoms with Crippen molar-refractivity contribution >= 4 is 0 Å². The van der Waals surface area contributed by atoms with Crippen LogP contribution in [0.25, 0.3) is 0 Å². The van der Waals surface area contributed by atoms with Gasteiger partial charge in [-0.25, -0.2) is 0 Å². The fourth-order valence-electron chi connectivity index (χ4n) is 11.3.